The predicted octanol–water partition coefficient (Wildman–Crippen LogP) is 5.69. The van der Waals surface area contributed by atoms with Crippen molar-refractivity contribution < 1.29 is 22.7 Å². The van der Waals surface area contributed by atoms with Crippen LogP contribution in [0.5, 0.6) is 5.75 Å². The van der Waals surface area contributed by atoms with Crippen LogP contribution in [0.25, 0.3) is 0 Å². The number of nitrogens with one attached hydrogen (secondary N) is 1. The lowest BCUT2D eigenvalue weighted by Gasteiger charge is -2.12. The van der Waals surface area contributed by atoms with Crippen molar-refractivity contribution in [3.05, 3.63) is 80.5 Å². The minimum atomic E-state index is -3.97. The molecule has 10 heteroatoms. The first-order chi connectivity index (χ1) is 13.6. The number of amides is 1. The molecule has 0 aliphatic rings. The zero-order valence-corrected chi connectivity index (χ0v) is 18.2. The van der Waals surface area contributed by atoms with Crippen molar-refractivity contribution in [2.24, 2.45) is 0 Å². The molecule has 0 fully saturated rings. The Bertz CT molecular complexity index is 1220. The summed E-state index contributed by atoms with van der Waals surface area (Å²) >= 11 is 15.1. The van der Waals surface area contributed by atoms with Gasteiger partial charge in [0.2, 0.25) is 9.84 Å². The van der Waals surface area contributed by atoms with E-state index < -0.39 is 21.6 Å². The molecule has 150 valence electrons. The third-order valence-corrected chi connectivity index (χ3v) is 6.81. The van der Waals surface area contributed by atoms with Crippen molar-refractivity contribution in [2.45, 2.75) is 9.79 Å². The van der Waals surface area contributed by atoms with E-state index in [4.69, 9.17) is 23.2 Å². The summed E-state index contributed by atoms with van der Waals surface area (Å²) in [6.45, 7) is 0. The number of phenolic OH excluding ortho intramolecular Hbond substituents is 1. The topological polar surface area (TPSA) is 83.5 Å². The van der Waals surface area contributed by atoms with Gasteiger partial charge in [0.05, 0.1) is 30.5 Å². The molecule has 0 bridgehead atoms. The van der Waals surface area contributed by atoms with Crippen LogP contribution in [0.2, 0.25) is 10.0 Å². The van der Waals surface area contributed by atoms with E-state index in [0.29, 0.717) is 0 Å². The molecule has 3 aromatic carbocycles. The van der Waals surface area contributed by atoms with E-state index in [1.807, 2.05) is 0 Å². The normalized spacial score (nSPS) is 11.3. The maximum absolute atomic E-state index is 13.1. The number of rotatable bonds is 4. The van der Waals surface area contributed by atoms with Gasteiger partial charge in [-0.2, -0.15) is 0 Å². The molecular weight excluding hydrogens is 507 g/mol. The smallest absolute Gasteiger partial charge is 0.259 e. The first-order valence-corrected chi connectivity index (χ1v) is 10.9. The van der Waals surface area contributed by atoms with E-state index in [9.17, 15) is 22.7 Å². The van der Waals surface area contributed by atoms with Gasteiger partial charge in [0.25, 0.3) is 5.91 Å². The van der Waals surface area contributed by atoms with Crippen LogP contribution in [0.15, 0.2) is 68.9 Å². The van der Waals surface area contributed by atoms with Crippen LogP contribution in [-0.2, 0) is 9.84 Å². The summed E-state index contributed by atoms with van der Waals surface area (Å²) in [7, 11) is -3.97. The van der Waals surface area contributed by atoms with Crippen LogP contribution in [0, 0.1) is 5.82 Å². The van der Waals surface area contributed by atoms with Gasteiger partial charge in [-0.25, -0.2) is 12.8 Å². The van der Waals surface area contributed by atoms with Crippen LogP contribution in [-0.4, -0.2) is 19.4 Å². The lowest BCUT2D eigenvalue weighted by Crippen LogP contribution is -2.13. The number of sulfone groups is 1. The average Bonchev–Trinajstić information content (AvgIpc) is 2.66. The van der Waals surface area contributed by atoms with E-state index in [0.717, 1.165) is 24.3 Å². The molecule has 3 rings (SSSR count). The summed E-state index contributed by atoms with van der Waals surface area (Å²) in [6, 6.07) is 10.8. The highest BCUT2D eigenvalue weighted by atomic mass is 79.9. The molecule has 0 aromatic heterocycles. The summed E-state index contributed by atoms with van der Waals surface area (Å²) in [5, 5.41) is 12.8. The Morgan fingerprint density at radius 2 is 1.62 bits per heavy atom. The maximum Gasteiger partial charge on any atom is 0.259 e. The number of anilines is 1. The summed E-state index contributed by atoms with van der Waals surface area (Å²) in [5.41, 5.74) is -0.123. The number of benzene rings is 3. The third-order valence-electron chi connectivity index (χ3n) is 3.89. The fourth-order valence-corrected chi connectivity index (χ4v) is 4.71. The fraction of sp³-hybridized carbons (Fsp3) is 0. The highest BCUT2D eigenvalue weighted by Gasteiger charge is 2.21. The molecule has 1 amide bonds. The predicted molar refractivity (Wildman–Crippen MR) is 112 cm³/mol. The SMILES string of the molecule is O=C(Nc1cc(S(=O)(=O)c2ccc([18F])cc2)ccc1Cl)c1cc(Cl)cc(Br)c1O. The molecule has 0 aliphatic carbocycles. The molecule has 0 spiro atoms. The highest BCUT2D eigenvalue weighted by Crippen LogP contribution is 2.33. The quantitative estimate of drug-likeness (QED) is 0.436. The van der Waals surface area contributed by atoms with Crippen LogP contribution in [0.4, 0.5) is 10.1 Å². The molecule has 0 saturated heterocycles. The van der Waals surface area contributed by atoms with E-state index in [1.54, 1.807) is 0 Å². The van der Waals surface area contributed by atoms with Gasteiger partial charge >= 0.3 is 0 Å². The van der Waals surface area contributed by atoms with Gasteiger partial charge in [-0.15, -0.1) is 0 Å². The van der Waals surface area contributed by atoms with Crippen LogP contribution < -0.4 is 5.32 Å². The Morgan fingerprint density at radius 1 is 1.00 bits per heavy atom. The minimum absolute atomic E-state index is 0.00958. The van der Waals surface area contributed by atoms with Crippen LogP contribution in [0.3, 0.4) is 0 Å². The van der Waals surface area contributed by atoms with Crippen molar-refractivity contribution in [1.82, 2.24) is 0 Å². The molecular formula is C19H11BrCl2FNO4S. The third kappa shape index (κ3) is 4.56. The number of halogens is 4. The maximum atomic E-state index is 13.1. The second-order valence-corrected chi connectivity index (χ2v) is 9.48. The molecule has 0 heterocycles. The molecule has 0 aliphatic heterocycles. The largest absolute Gasteiger partial charge is 0.506 e. The fourth-order valence-electron chi connectivity index (χ4n) is 2.45. The van der Waals surface area contributed by atoms with Crippen molar-refractivity contribution >= 4 is 60.6 Å². The van der Waals surface area contributed by atoms with Crippen LogP contribution in [0.1, 0.15) is 10.4 Å². The molecule has 0 saturated carbocycles. The van der Waals surface area contributed by atoms with Gasteiger partial charge in [-0.05, 0) is 70.5 Å². The Kier molecular flexibility index (Phi) is 6.19. The van der Waals surface area contributed by atoms with Crippen molar-refractivity contribution in [3.8, 4) is 5.75 Å². The van der Waals surface area contributed by atoms with E-state index in [1.165, 1.54) is 30.3 Å². The van der Waals surface area contributed by atoms with Gasteiger partial charge in [0.1, 0.15) is 11.6 Å². The number of hydrogen-bond donors (Lipinski definition) is 2. The first kappa shape index (κ1) is 21.6. The van der Waals surface area contributed by atoms with Crippen molar-refractivity contribution in [1.29, 1.82) is 0 Å². The van der Waals surface area contributed by atoms with Gasteiger partial charge in [0, 0.05) is 5.02 Å². The average molecular weight is 518 g/mol. The van der Waals surface area contributed by atoms with E-state index in [2.05, 4.69) is 21.2 Å². The lowest BCUT2D eigenvalue weighted by atomic mass is 10.2. The van der Waals surface area contributed by atoms with Gasteiger partial charge in [-0.3, -0.25) is 4.79 Å². The van der Waals surface area contributed by atoms with Gasteiger partial charge in [-0.1, -0.05) is 23.2 Å². The molecule has 0 unspecified atom stereocenters. The first-order valence-electron chi connectivity index (χ1n) is 7.89. The van der Waals surface area contributed by atoms with Crippen molar-refractivity contribution in [2.75, 3.05) is 5.32 Å². The molecule has 3 aromatic rings. The number of carbonyl (C=O) groups excluding carboxylic acids is 1. The molecule has 2 N–H and O–H groups in total. The minimum Gasteiger partial charge on any atom is -0.506 e. The Balaban J connectivity index is 1.98. The van der Waals surface area contributed by atoms with E-state index >= 15 is 0 Å². The second kappa shape index (κ2) is 8.31. The number of aromatic hydroxyl groups is 1. The Morgan fingerprint density at radius 3 is 2.28 bits per heavy atom. The summed E-state index contributed by atoms with van der Waals surface area (Å²) < 4.78 is 38.8. The monoisotopic (exact) mass is 516 g/mol. The second-order valence-electron chi connectivity index (χ2n) is 5.84. The summed E-state index contributed by atoms with van der Waals surface area (Å²) in [4.78, 5) is 12.3. The number of carbonyl (C=O) groups is 1. The highest BCUT2D eigenvalue weighted by molar-refractivity contribution is 9.10. The molecule has 5 nitrogen and oxygen atoms in total. The number of phenols is 1. The molecule has 0 radical (unpaired) electrons. The summed E-state index contributed by atoms with van der Waals surface area (Å²) in [6.07, 6.45) is 0. The Hall–Kier alpha value is -2.13. The van der Waals surface area contributed by atoms with Gasteiger partial charge in [0.15, 0.2) is 0 Å². The Labute approximate surface area is 184 Å². The van der Waals surface area contributed by atoms with Gasteiger partial charge < -0.3 is 10.4 Å². The molecule has 29 heavy (non-hydrogen) atoms. The molecule has 0 atom stereocenters. The zero-order valence-electron chi connectivity index (χ0n) is 14.3. The lowest BCUT2D eigenvalue weighted by molar-refractivity contribution is 0.102. The standard InChI is InChI=1S/C19H11BrCl2FNO4S/c20-15-8-10(21)7-14(18(15)25)19(26)24-17-9-13(5-6-16(17)22)29(27,28)12-3-1-11(23)2-4-12/h1-9,25H,(H,24,26)/i23-1. The van der Waals surface area contributed by atoms with Crippen LogP contribution >= 0.6 is 39.1 Å². The van der Waals surface area contributed by atoms with Crippen molar-refractivity contribution in [3.63, 3.8) is 0 Å². The van der Waals surface area contributed by atoms with E-state index in [-0.39, 0.29) is 41.3 Å². The zero-order chi connectivity index (χ0) is 21.3. The number of hydrogen-bond acceptors (Lipinski definition) is 4. The summed E-state index contributed by atoms with van der Waals surface area (Å²) in [5.74, 6) is -1.65.